The molecule has 4 aromatic rings. The molecule has 30 heavy (non-hydrogen) atoms. The van der Waals surface area contributed by atoms with Crippen molar-refractivity contribution in [3.63, 3.8) is 0 Å². The Hall–Kier alpha value is -3.36. The van der Waals surface area contributed by atoms with Crippen molar-refractivity contribution in [3.8, 4) is 0 Å². The normalized spacial score (nSPS) is 12.0. The maximum atomic E-state index is 12.9. The number of rotatable bonds is 6. The second-order valence-corrected chi connectivity index (χ2v) is 7.63. The number of fused-ring (bicyclic) bond motifs is 2. The number of nitrogens with zero attached hydrogens (tertiary/aromatic N) is 3. The first kappa shape index (κ1) is 19.9. The molecule has 0 atom stereocenters. The number of ether oxygens (including phenoxy) is 1. The quantitative estimate of drug-likeness (QED) is 0.260. The van der Waals surface area contributed by atoms with Crippen molar-refractivity contribution in [2.45, 2.75) is 13.5 Å². The monoisotopic (exact) mass is 421 g/mol. The van der Waals surface area contributed by atoms with Crippen molar-refractivity contribution in [2.75, 3.05) is 13.2 Å². The van der Waals surface area contributed by atoms with Crippen LogP contribution in [0.15, 0.2) is 65.7 Å². The second-order valence-electron chi connectivity index (χ2n) is 6.62. The number of non-ortho nitro benzene ring substituents is 1. The summed E-state index contributed by atoms with van der Waals surface area (Å²) in [6, 6.07) is 18.0. The summed E-state index contributed by atoms with van der Waals surface area (Å²) in [6.45, 7) is 3.44. The molecule has 0 saturated carbocycles. The molecule has 0 fully saturated rings. The van der Waals surface area contributed by atoms with Gasteiger partial charge in [0.05, 0.1) is 21.7 Å². The summed E-state index contributed by atoms with van der Waals surface area (Å²) in [7, 11) is 0. The van der Waals surface area contributed by atoms with E-state index in [0.717, 1.165) is 16.3 Å². The average Bonchev–Trinajstić information content (AvgIpc) is 3.09. The number of aromatic nitrogens is 1. The molecule has 0 unspecified atom stereocenters. The molecule has 0 radical (unpaired) electrons. The molecule has 0 bridgehead atoms. The minimum atomic E-state index is -0.430. The predicted octanol–water partition coefficient (Wildman–Crippen LogP) is 4.54. The van der Waals surface area contributed by atoms with E-state index in [4.69, 9.17) is 4.74 Å². The third-order valence-corrected chi connectivity index (χ3v) is 5.78. The second kappa shape index (κ2) is 8.56. The van der Waals surface area contributed by atoms with E-state index in [0.29, 0.717) is 34.8 Å². The fraction of sp³-hybridized carbons (Fsp3) is 0.182. The van der Waals surface area contributed by atoms with Crippen molar-refractivity contribution in [3.05, 3.63) is 81.1 Å². The topological polar surface area (TPSA) is 86.7 Å². The Morgan fingerprint density at radius 3 is 2.70 bits per heavy atom. The molecule has 1 amide bonds. The van der Waals surface area contributed by atoms with Gasteiger partial charge in [-0.05, 0) is 35.9 Å². The Morgan fingerprint density at radius 1 is 1.13 bits per heavy atom. The highest BCUT2D eigenvalue weighted by Crippen LogP contribution is 2.23. The van der Waals surface area contributed by atoms with Crippen molar-refractivity contribution < 1.29 is 14.5 Å². The van der Waals surface area contributed by atoms with E-state index < -0.39 is 4.92 Å². The van der Waals surface area contributed by atoms with E-state index in [1.54, 1.807) is 12.1 Å². The van der Waals surface area contributed by atoms with Crippen molar-refractivity contribution in [2.24, 2.45) is 4.99 Å². The summed E-state index contributed by atoms with van der Waals surface area (Å²) < 4.78 is 8.03. The first-order valence-electron chi connectivity index (χ1n) is 9.50. The largest absolute Gasteiger partial charge is 0.380 e. The molecular weight excluding hydrogens is 402 g/mol. The number of thiazole rings is 1. The molecule has 0 spiro atoms. The summed E-state index contributed by atoms with van der Waals surface area (Å²) in [5.41, 5.74) is 1.29. The Morgan fingerprint density at radius 2 is 1.93 bits per heavy atom. The van der Waals surface area contributed by atoms with Gasteiger partial charge in [0.15, 0.2) is 4.80 Å². The molecule has 7 nitrogen and oxygen atoms in total. The molecular formula is C22H19N3O4S. The van der Waals surface area contributed by atoms with Crippen molar-refractivity contribution in [1.82, 2.24) is 4.57 Å². The number of nitro groups is 1. The number of amides is 1. The Labute approximate surface area is 176 Å². The van der Waals surface area contributed by atoms with E-state index in [9.17, 15) is 14.9 Å². The fourth-order valence-electron chi connectivity index (χ4n) is 3.25. The van der Waals surface area contributed by atoms with Gasteiger partial charge in [0.2, 0.25) is 0 Å². The van der Waals surface area contributed by atoms with Gasteiger partial charge in [-0.15, -0.1) is 0 Å². The lowest BCUT2D eigenvalue weighted by molar-refractivity contribution is -0.384. The summed E-state index contributed by atoms with van der Waals surface area (Å²) in [4.78, 5) is 28.4. The maximum absolute atomic E-state index is 12.9. The SMILES string of the molecule is CCOCCn1c(=NC(=O)c2ccc3ccccc3c2)sc2cc([N+](=O)[O-])ccc21. The zero-order valence-corrected chi connectivity index (χ0v) is 17.1. The number of hydrogen-bond acceptors (Lipinski definition) is 5. The highest BCUT2D eigenvalue weighted by molar-refractivity contribution is 7.16. The molecule has 0 aliphatic heterocycles. The molecule has 0 aliphatic carbocycles. The van der Waals surface area contributed by atoms with Gasteiger partial charge >= 0.3 is 0 Å². The van der Waals surface area contributed by atoms with Crippen LogP contribution < -0.4 is 4.80 Å². The van der Waals surface area contributed by atoms with Crippen LogP contribution in [0.1, 0.15) is 17.3 Å². The number of hydrogen-bond donors (Lipinski definition) is 0. The lowest BCUT2D eigenvalue weighted by Gasteiger charge is -2.05. The van der Waals surface area contributed by atoms with Crippen LogP contribution >= 0.6 is 11.3 Å². The van der Waals surface area contributed by atoms with Gasteiger partial charge in [-0.2, -0.15) is 4.99 Å². The summed E-state index contributed by atoms with van der Waals surface area (Å²) in [6.07, 6.45) is 0. The minimum Gasteiger partial charge on any atom is -0.380 e. The van der Waals surface area contributed by atoms with Gasteiger partial charge in [-0.25, -0.2) is 0 Å². The summed E-state index contributed by atoms with van der Waals surface area (Å²) in [5.74, 6) is -0.355. The van der Waals surface area contributed by atoms with Crippen LogP contribution in [0.5, 0.6) is 0 Å². The number of benzene rings is 3. The molecule has 152 valence electrons. The van der Waals surface area contributed by atoms with Crippen molar-refractivity contribution >= 4 is 43.9 Å². The first-order chi connectivity index (χ1) is 14.6. The first-order valence-corrected chi connectivity index (χ1v) is 10.3. The molecule has 4 rings (SSSR count). The Balaban J connectivity index is 1.79. The smallest absolute Gasteiger partial charge is 0.279 e. The molecule has 0 aliphatic rings. The predicted molar refractivity (Wildman–Crippen MR) is 117 cm³/mol. The number of nitro benzene ring substituents is 1. The summed E-state index contributed by atoms with van der Waals surface area (Å²) >= 11 is 1.26. The molecule has 8 heteroatoms. The lowest BCUT2D eigenvalue weighted by Crippen LogP contribution is -2.19. The lowest BCUT2D eigenvalue weighted by atomic mass is 10.1. The Bertz CT molecular complexity index is 1320. The van der Waals surface area contributed by atoms with E-state index in [2.05, 4.69) is 4.99 Å². The summed E-state index contributed by atoms with van der Waals surface area (Å²) in [5, 5.41) is 13.1. The van der Waals surface area contributed by atoms with Crippen LogP contribution in [0.4, 0.5) is 5.69 Å². The molecule has 3 aromatic carbocycles. The third-order valence-electron chi connectivity index (χ3n) is 4.73. The van der Waals surface area contributed by atoms with Crippen molar-refractivity contribution in [1.29, 1.82) is 0 Å². The molecule has 1 heterocycles. The number of carbonyl (C=O) groups is 1. The van der Waals surface area contributed by atoms with E-state index in [-0.39, 0.29) is 11.6 Å². The van der Waals surface area contributed by atoms with Crippen LogP contribution in [0.25, 0.3) is 21.0 Å². The van der Waals surface area contributed by atoms with Crippen LogP contribution in [-0.2, 0) is 11.3 Å². The van der Waals surface area contributed by atoms with Gasteiger partial charge in [0.25, 0.3) is 11.6 Å². The van der Waals surface area contributed by atoms with Crippen LogP contribution in [-0.4, -0.2) is 28.6 Å². The minimum absolute atomic E-state index is 0.00751. The molecule has 0 saturated heterocycles. The van der Waals surface area contributed by atoms with Gasteiger partial charge < -0.3 is 9.30 Å². The fourth-order valence-corrected chi connectivity index (χ4v) is 4.34. The zero-order chi connectivity index (χ0) is 21.1. The van der Waals surface area contributed by atoms with E-state index >= 15 is 0 Å². The van der Waals surface area contributed by atoms with E-state index in [1.807, 2.05) is 47.9 Å². The van der Waals surface area contributed by atoms with E-state index in [1.165, 1.54) is 23.5 Å². The zero-order valence-electron chi connectivity index (χ0n) is 16.3. The van der Waals surface area contributed by atoms with Gasteiger partial charge in [0, 0.05) is 30.8 Å². The van der Waals surface area contributed by atoms with Crippen LogP contribution in [0.2, 0.25) is 0 Å². The van der Waals surface area contributed by atoms with Gasteiger partial charge in [-0.1, -0.05) is 41.7 Å². The highest BCUT2D eigenvalue weighted by Gasteiger charge is 2.13. The number of carbonyl (C=O) groups excluding carboxylic acids is 1. The van der Waals surface area contributed by atoms with Gasteiger partial charge in [-0.3, -0.25) is 14.9 Å². The third kappa shape index (κ3) is 4.00. The van der Waals surface area contributed by atoms with Crippen LogP contribution in [0.3, 0.4) is 0 Å². The van der Waals surface area contributed by atoms with Crippen LogP contribution in [0, 0.1) is 10.1 Å². The maximum Gasteiger partial charge on any atom is 0.279 e. The molecule has 1 aromatic heterocycles. The standard InChI is InChI=1S/C22H19N3O4S/c1-2-29-12-11-24-19-10-9-18(25(27)28)14-20(19)30-22(24)23-21(26)17-8-7-15-5-3-4-6-16(15)13-17/h3-10,13-14H,2,11-12H2,1H3. The van der Waals surface area contributed by atoms with Gasteiger partial charge in [0.1, 0.15) is 0 Å². The molecule has 0 N–H and O–H groups in total. The average molecular weight is 421 g/mol. The highest BCUT2D eigenvalue weighted by atomic mass is 32.1. The Kier molecular flexibility index (Phi) is 5.69.